The molecule has 9 nitrogen and oxygen atoms in total. The first-order chi connectivity index (χ1) is 15.8. The summed E-state index contributed by atoms with van der Waals surface area (Å²) >= 11 is 0. The lowest BCUT2D eigenvalue weighted by atomic mass is 10.0. The van der Waals surface area contributed by atoms with Crippen LogP contribution in [0.5, 0.6) is 11.5 Å². The van der Waals surface area contributed by atoms with Crippen LogP contribution in [0.3, 0.4) is 0 Å². The number of aryl methyl sites for hydroxylation is 1. The summed E-state index contributed by atoms with van der Waals surface area (Å²) in [7, 11) is 4.91. The highest BCUT2D eigenvalue weighted by atomic mass is 16.5. The molecule has 4 aromatic rings. The van der Waals surface area contributed by atoms with Crippen molar-refractivity contribution in [3.8, 4) is 11.5 Å². The molecule has 0 spiro atoms. The monoisotopic (exact) mass is 449 g/mol. The van der Waals surface area contributed by atoms with Crippen molar-refractivity contribution in [1.29, 1.82) is 0 Å². The maximum absolute atomic E-state index is 13.1. The molecule has 4 rings (SSSR count). The number of aromatic nitrogens is 4. The fraction of sp³-hybridized carbons (Fsp3) is 0.333. The predicted octanol–water partition coefficient (Wildman–Crippen LogP) is 2.81. The summed E-state index contributed by atoms with van der Waals surface area (Å²) in [5.41, 5.74) is 1.42. The highest BCUT2D eigenvalue weighted by molar-refractivity contribution is 5.89. The Morgan fingerprint density at radius 3 is 2.55 bits per heavy atom. The summed E-state index contributed by atoms with van der Waals surface area (Å²) in [6, 6.07) is 10.9. The van der Waals surface area contributed by atoms with Gasteiger partial charge in [-0.1, -0.05) is 26.0 Å². The number of benzene rings is 2. The van der Waals surface area contributed by atoms with E-state index < -0.39 is 5.56 Å². The van der Waals surface area contributed by atoms with E-state index in [-0.39, 0.29) is 24.4 Å². The average Bonchev–Trinajstić information content (AvgIpc) is 3.14. The number of carbonyl (C=O) groups excluding carboxylic acids is 1. The van der Waals surface area contributed by atoms with Crippen LogP contribution >= 0.6 is 0 Å². The second-order valence-corrected chi connectivity index (χ2v) is 8.18. The Kier molecular flexibility index (Phi) is 6.04. The normalized spacial score (nSPS) is 12.3. The van der Waals surface area contributed by atoms with Crippen LogP contribution in [0.1, 0.15) is 25.7 Å². The Bertz CT molecular complexity index is 1390. The van der Waals surface area contributed by atoms with E-state index in [0.717, 1.165) is 21.5 Å². The van der Waals surface area contributed by atoms with E-state index in [1.165, 1.54) is 20.4 Å². The van der Waals surface area contributed by atoms with E-state index in [4.69, 9.17) is 14.5 Å². The quantitative estimate of drug-likeness (QED) is 0.466. The average molecular weight is 450 g/mol. The van der Waals surface area contributed by atoms with Crippen LogP contribution in [0.2, 0.25) is 0 Å². The van der Waals surface area contributed by atoms with Gasteiger partial charge in [-0.3, -0.25) is 9.59 Å². The van der Waals surface area contributed by atoms with Crippen molar-refractivity contribution in [3.63, 3.8) is 0 Å². The number of fused-ring (bicyclic) bond motifs is 2. The third kappa shape index (κ3) is 4.02. The van der Waals surface area contributed by atoms with Crippen molar-refractivity contribution in [2.75, 3.05) is 14.2 Å². The molecule has 2 aromatic carbocycles. The van der Waals surface area contributed by atoms with E-state index in [0.29, 0.717) is 22.3 Å². The molecular weight excluding hydrogens is 422 g/mol. The lowest BCUT2D eigenvalue weighted by Crippen LogP contribution is -2.38. The highest BCUT2D eigenvalue weighted by Crippen LogP contribution is 2.32. The number of amides is 1. The molecule has 1 amide bonds. The first-order valence-electron chi connectivity index (χ1n) is 10.7. The zero-order chi connectivity index (χ0) is 23.7. The van der Waals surface area contributed by atoms with Gasteiger partial charge in [0.1, 0.15) is 12.4 Å². The summed E-state index contributed by atoms with van der Waals surface area (Å²) in [6.07, 6.45) is 1.54. The number of hydrogen-bond donors (Lipinski definition) is 1. The van der Waals surface area contributed by atoms with E-state index in [1.54, 1.807) is 12.1 Å². The number of hydrogen-bond acceptors (Lipinski definition) is 6. The molecule has 1 atom stereocenters. The highest BCUT2D eigenvalue weighted by Gasteiger charge is 2.24. The van der Waals surface area contributed by atoms with Gasteiger partial charge in [-0.05, 0) is 30.2 Å². The number of imidazole rings is 1. The zero-order valence-electron chi connectivity index (χ0n) is 19.3. The summed E-state index contributed by atoms with van der Waals surface area (Å²) in [5.74, 6) is 1.25. The van der Waals surface area contributed by atoms with Crippen molar-refractivity contribution < 1.29 is 14.3 Å². The van der Waals surface area contributed by atoms with Gasteiger partial charge in [0, 0.05) is 12.4 Å². The van der Waals surface area contributed by atoms with Crippen molar-refractivity contribution in [2.45, 2.75) is 26.4 Å². The van der Waals surface area contributed by atoms with Crippen molar-refractivity contribution in [3.05, 3.63) is 58.8 Å². The fourth-order valence-corrected chi connectivity index (χ4v) is 4.02. The second kappa shape index (κ2) is 8.93. The number of nitrogens with zero attached hydrogens (tertiary/aromatic N) is 4. The third-order valence-corrected chi connectivity index (χ3v) is 5.74. The van der Waals surface area contributed by atoms with E-state index in [9.17, 15) is 9.59 Å². The van der Waals surface area contributed by atoms with Crippen molar-refractivity contribution in [1.82, 2.24) is 24.6 Å². The Balaban J connectivity index is 1.65. The van der Waals surface area contributed by atoms with Crippen LogP contribution in [-0.4, -0.2) is 39.5 Å². The number of ether oxygens (including phenoxy) is 2. The summed E-state index contributed by atoms with van der Waals surface area (Å²) in [6.45, 7) is 3.80. The number of nitrogens with one attached hydrogen (secondary N) is 1. The molecule has 2 heterocycles. The zero-order valence-corrected chi connectivity index (χ0v) is 19.3. The van der Waals surface area contributed by atoms with Crippen LogP contribution < -0.4 is 20.3 Å². The smallest absolute Gasteiger partial charge is 0.279 e. The molecule has 0 saturated carbocycles. The maximum atomic E-state index is 13.1. The lowest BCUT2D eigenvalue weighted by molar-refractivity contribution is -0.123. The molecular formula is C24H27N5O4. The largest absolute Gasteiger partial charge is 0.493 e. The Morgan fingerprint density at radius 2 is 1.88 bits per heavy atom. The van der Waals surface area contributed by atoms with Gasteiger partial charge >= 0.3 is 0 Å². The van der Waals surface area contributed by atoms with Gasteiger partial charge in [-0.25, -0.2) is 9.67 Å². The molecule has 172 valence electrons. The van der Waals surface area contributed by atoms with E-state index in [2.05, 4.69) is 10.4 Å². The molecule has 0 aliphatic rings. The first kappa shape index (κ1) is 22.3. The Hall–Kier alpha value is -3.88. The molecule has 0 aliphatic carbocycles. The van der Waals surface area contributed by atoms with Gasteiger partial charge in [0.05, 0.1) is 42.9 Å². The summed E-state index contributed by atoms with van der Waals surface area (Å²) < 4.78 is 13.8. The molecule has 33 heavy (non-hydrogen) atoms. The van der Waals surface area contributed by atoms with Gasteiger partial charge in [0.2, 0.25) is 5.91 Å². The van der Waals surface area contributed by atoms with Crippen molar-refractivity contribution in [2.24, 2.45) is 13.0 Å². The van der Waals surface area contributed by atoms with Crippen molar-refractivity contribution >= 4 is 27.7 Å². The molecule has 0 bridgehead atoms. The molecule has 0 unspecified atom stereocenters. The number of methoxy groups -OCH3 is 2. The number of carbonyl (C=O) groups is 1. The van der Waals surface area contributed by atoms with Crippen LogP contribution in [0, 0.1) is 5.92 Å². The Morgan fingerprint density at radius 1 is 1.12 bits per heavy atom. The third-order valence-electron chi connectivity index (χ3n) is 5.74. The number of rotatable bonds is 7. The van der Waals surface area contributed by atoms with Gasteiger partial charge < -0.3 is 19.4 Å². The van der Waals surface area contributed by atoms with Gasteiger partial charge in [0.15, 0.2) is 11.5 Å². The molecule has 0 fully saturated rings. The van der Waals surface area contributed by atoms with Gasteiger partial charge in [0.25, 0.3) is 5.56 Å². The number of para-hydroxylation sites is 2. The molecule has 2 aromatic heterocycles. The minimum absolute atomic E-state index is 0.0788. The summed E-state index contributed by atoms with van der Waals surface area (Å²) in [4.78, 5) is 30.9. The SMILES string of the molecule is COc1ccc2cnn(CC(=O)N[C@@H](c3nc4ccccc4n3C)C(C)C)c(=O)c2c1OC. The molecule has 0 radical (unpaired) electrons. The fourth-order valence-electron chi connectivity index (χ4n) is 4.02. The molecule has 9 heteroatoms. The predicted molar refractivity (Wildman–Crippen MR) is 126 cm³/mol. The minimum atomic E-state index is -0.428. The second-order valence-electron chi connectivity index (χ2n) is 8.18. The first-order valence-corrected chi connectivity index (χ1v) is 10.7. The van der Waals surface area contributed by atoms with E-state index in [1.807, 2.05) is 49.7 Å². The minimum Gasteiger partial charge on any atom is -0.493 e. The van der Waals surface area contributed by atoms with E-state index >= 15 is 0 Å². The molecule has 0 saturated heterocycles. The molecule has 1 N–H and O–H groups in total. The lowest BCUT2D eigenvalue weighted by Gasteiger charge is -2.22. The maximum Gasteiger partial charge on any atom is 0.279 e. The van der Waals surface area contributed by atoms with Gasteiger partial charge in [-0.15, -0.1) is 0 Å². The van der Waals surface area contributed by atoms with Gasteiger partial charge in [-0.2, -0.15) is 5.10 Å². The van der Waals surface area contributed by atoms with Crippen LogP contribution in [0.25, 0.3) is 21.8 Å². The topological polar surface area (TPSA) is 100 Å². The van der Waals surface area contributed by atoms with Crippen LogP contribution in [0.15, 0.2) is 47.4 Å². The van der Waals surface area contributed by atoms with Crippen LogP contribution in [0.4, 0.5) is 0 Å². The standard InChI is InChI=1S/C24H27N5O4/c1-14(2)21(23-26-16-8-6-7-9-17(16)28(23)3)27-19(30)13-29-24(31)20-15(12-25-29)10-11-18(32-4)22(20)33-5/h6-12,14,21H,13H2,1-5H3,(H,27,30)/t21-/m1/s1. The summed E-state index contributed by atoms with van der Waals surface area (Å²) in [5, 5.41) is 8.13. The van der Waals surface area contributed by atoms with Crippen LogP contribution in [-0.2, 0) is 18.4 Å². The Labute approximate surface area is 190 Å². The molecule has 0 aliphatic heterocycles.